The zero-order valence-electron chi connectivity index (χ0n) is 8.13. The lowest BCUT2D eigenvalue weighted by Gasteiger charge is -2.14. The van der Waals surface area contributed by atoms with E-state index in [1.807, 2.05) is 13.0 Å². The van der Waals surface area contributed by atoms with E-state index in [9.17, 15) is 4.79 Å². The summed E-state index contributed by atoms with van der Waals surface area (Å²) >= 11 is 9.13. The van der Waals surface area contributed by atoms with Crippen molar-refractivity contribution in [1.29, 1.82) is 0 Å². The number of carboxylic acid groups (broad SMARTS) is 1. The second kappa shape index (κ2) is 5.37. The number of hydrogen-bond acceptors (Lipinski definition) is 2. The zero-order chi connectivity index (χ0) is 11.4. The van der Waals surface area contributed by atoms with Crippen molar-refractivity contribution in [2.24, 2.45) is 0 Å². The van der Waals surface area contributed by atoms with Crippen LogP contribution < -0.4 is 5.32 Å². The number of hydrogen-bond donors (Lipinski definition) is 2. The van der Waals surface area contributed by atoms with Crippen LogP contribution in [0.5, 0.6) is 0 Å². The van der Waals surface area contributed by atoms with Crippen molar-refractivity contribution in [2.45, 2.75) is 19.4 Å². The van der Waals surface area contributed by atoms with Crippen LogP contribution >= 0.6 is 27.5 Å². The molecule has 2 N–H and O–H groups in total. The first kappa shape index (κ1) is 12.3. The van der Waals surface area contributed by atoms with Crippen LogP contribution in [-0.2, 0) is 4.79 Å². The number of nitrogens with one attached hydrogen (secondary N) is 1. The lowest BCUT2D eigenvalue weighted by molar-refractivity contribution is -0.137. The predicted molar refractivity (Wildman–Crippen MR) is 64.5 cm³/mol. The second-order valence-electron chi connectivity index (χ2n) is 3.27. The lowest BCUT2D eigenvalue weighted by atomic mass is 10.2. The Morgan fingerprint density at radius 2 is 2.33 bits per heavy atom. The largest absolute Gasteiger partial charge is 0.481 e. The molecule has 5 heteroatoms. The number of anilines is 1. The summed E-state index contributed by atoms with van der Waals surface area (Å²) in [6, 6.07) is 5.20. The van der Waals surface area contributed by atoms with Crippen molar-refractivity contribution in [3.63, 3.8) is 0 Å². The third-order valence-electron chi connectivity index (χ3n) is 1.81. The van der Waals surface area contributed by atoms with Crippen molar-refractivity contribution in [3.8, 4) is 0 Å². The van der Waals surface area contributed by atoms with Gasteiger partial charge in [0.1, 0.15) is 0 Å². The predicted octanol–water partition coefficient (Wildman–Crippen LogP) is 3.38. The van der Waals surface area contributed by atoms with Gasteiger partial charge >= 0.3 is 5.97 Å². The molecule has 3 nitrogen and oxygen atoms in total. The number of halogens is 2. The Morgan fingerprint density at radius 1 is 1.67 bits per heavy atom. The average molecular weight is 293 g/mol. The second-order valence-corrected chi connectivity index (χ2v) is 4.56. The van der Waals surface area contributed by atoms with Crippen LogP contribution in [0.15, 0.2) is 22.7 Å². The Hall–Kier alpha value is -0.740. The Balaban J connectivity index is 2.68. The molecular formula is C10H11BrClNO2. The van der Waals surface area contributed by atoms with Crippen LogP contribution in [0.4, 0.5) is 5.69 Å². The number of benzene rings is 1. The molecule has 0 spiro atoms. The molecule has 0 amide bonds. The number of aliphatic carboxylic acids is 1. The highest BCUT2D eigenvalue weighted by Gasteiger charge is 2.08. The van der Waals surface area contributed by atoms with E-state index in [4.69, 9.17) is 16.7 Å². The van der Waals surface area contributed by atoms with Crippen molar-refractivity contribution in [1.82, 2.24) is 0 Å². The van der Waals surface area contributed by atoms with Gasteiger partial charge in [-0.3, -0.25) is 4.79 Å². The summed E-state index contributed by atoms with van der Waals surface area (Å²) < 4.78 is 0.826. The molecule has 15 heavy (non-hydrogen) atoms. The van der Waals surface area contributed by atoms with E-state index in [0.29, 0.717) is 5.02 Å². The van der Waals surface area contributed by atoms with Crippen LogP contribution in [0.1, 0.15) is 13.3 Å². The normalized spacial score (nSPS) is 12.2. The van der Waals surface area contributed by atoms with E-state index >= 15 is 0 Å². The molecule has 0 fully saturated rings. The van der Waals surface area contributed by atoms with Crippen molar-refractivity contribution >= 4 is 39.2 Å². The van der Waals surface area contributed by atoms with Gasteiger partial charge in [0.05, 0.1) is 6.42 Å². The summed E-state index contributed by atoms with van der Waals surface area (Å²) in [6.45, 7) is 1.81. The van der Waals surface area contributed by atoms with Crippen LogP contribution in [0.3, 0.4) is 0 Å². The number of carbonyl (C=O) groups is 1. The monoisotopic (exact) mass is 291 g/mol. The Kier molecular flexibility index (Phi) is 4.42. The highest BCUT2D eigenvalue weighted by molar-refractivity contribution is 9.10. The molecule has 0 heterocycles. The molecule has 0 bridgehead atoms. The first-order chi connectivity index (χ1) is 6.99. The summed E-state index contributed by atoms with van der Waals surface area (Å²) in [7, 11) is 0. The zero-order valence-corrected chi connectivity index (χ0v) is 10.5. The fourth-order valence-electron chi connectivity index (χ4n) is 1.18. The van der Waals surface area contributed by atoms with Gasteiger partial charge in [0.15, 0.2) is 0 Å². The Labute approximate surface area is 102 Å². The van der Waals surface area contributed by atoms with E-state index < -0.39 is 5.97 Å². The fraction of sp³-hybridized carbons (Fsp3) is 0.300. The Bertz CT molecular complexity index is 370. The quantitative estimate of drug-likeness (QED) is 0.894. The van der Waals surface area contributed by atoms with Gasteiger partial charge in [-0.05, 0) is 41.1 Å². The smallest absolute Gasteiger partial charge is 0.305 e. The summed E-state index contributed by atoms with van der Waals surface area (Å²) in [6.07, 6.45) is 0.0784. The molecule has 1 rings (SSSR count). The minimum Gasteiger partial charge on any atom is -0.481 e. The van der Waals surface area contributed by atoms with Gasteiger partial charge in [-0.2, -0.15) is 0 Å². The standard InChI is InChI=1S/C10H11BrClNO2/c1-6(4-10(14)15)13-9-3-2-7(12)5-8(9)11/h2-3,5-6,13H,4H2,1H3,(H,14,15). The molecule has 0 saturated heterocycles. The highest BCUT2D eigenvalue weighted by atomic mass is 79.9. The molecule has 82 valence electrons. The highest BCUT2D eigenvalue weighted by Crippen LogP contribution is 2.26. The van der Waals surface area contributed by atoms with Gasteiger partial charge in [-0.25, -0.2) is 0 Å². The molecule has 0 aliphatic carbocycles. The van der Waals surface area contributed by atoms with E-state index in [2.05, 4.69) is 21.2 Å². The van der Waals surface area contributed by atoms with Crippen LogP contribution in [-0.4, -0.2) is 17.1 Å². The van der Waals surface area contributed by atoms with Crippen molar-refractivity contribution in [3.05, 3.63) is 27.7 Å². The van der Waals surface area contributed by atoms with Crippen LogP contribution in [0, 0.1) is 0 Å². The van der Waals surface area contributed by atoms with Crippen molar-refractivity contribution < 1.29 is 9.90 Å². The molecule has 1 aromatic carbocycles. The van der Waals surface area contributed by atoms with Crippen molar-refractivity contribution in [2.75, 3.05) is 5.32 Å². The van der Waals surface area contributed by atoms with E-state index in [1.54, 1.807) is 12.1 Å². The van der Waals surface area contributed by atoms with E-state index in [-0.39, 0.29) is 12.5 Å². The first-order valence-corrected chi connectivity index (χ1v) is 5.59. The maximum absolute atomic E-state index is 10.5. The van der Waals surface area contributed by atoms with E-state index in [0.717, 1.165) is 10.2 Å². The molecule has 0 aromatic heterocycles. The minimum absolute atomic E-state index is 0.0784. The summed E-state index contributed by atoms with van der Waals surface area (Å²) in [5.74, 6) is -0.819. The molecule has 0 radical (unpaired) electrons. The fourth-order valence-corrected chi connectivity index (χ4v) is 1.98. The molecule has 0 aliphatic heterocycles. The van der Waals surface area contributed by atoms with Gasteiger partial charge in [0.25, 0.3) is 0 Å². The number of carboxylic acids is 1. The van der Waals surface area contributed by atoms with Gasteiger partial charge in [0, 0.05) is 21.2 Å². The van der Waals surface area contributed by atoms with Gasteiger partial charge < -0.3 is 10.4 Å². The molecule has 1 unspecified atom stereocenters. The molecule has 0 aliphatic rings. The molecule has 0 saturated carbocycles. The lowest BCUT2D eigenvalue weighted by Crippen LogP contribution is -2.19. The summed E-state index contributed by atoms with van der Waals surface area (Å²) in [4.78, 5) is 10.5. The first-order valence-electron chi connectivity index (χ1n) is 4.42. The number of rotatable bonds is 4. The summed E-state index contributed by atoms with van der Waals surface area (Å²) in [5.41, 5.74) is 0.841. The minimum atomic E-state index is -0.819. The third kappa shape index (κ3) is 4.10. The SMILES string of the molecule is CC(CC(=O)O)Nc1ccc(Cl)cc1Br. The van der Waals surface area contributed by atoms with Crippen LogP contribution in [0.25, 0.3) is 0 Å². The van der Waals surface area contributed by atoms with E-state index in [1.165, 1.54) is 0 Å². The molecule has 1 atom stereocenters. The maximum Gasteiger partial charge on any atom is 0.305 e. The van der Waals surface area contributed by atoms with Gasteiger partial charge in [-0.1, -0.05) is 11.6 Å². The van der Waals surface area contributed by atoms with Gasteiger partial charge in [-0.15, -0.1) is 0 Å². The molecule has 1 aromatic rings. The van der Waals surface area contributed by atoms with Crippen LogP contribution in [0.2, 0.25) is 5.02 Å². The topological polar surface area (TPSA) is 49.3 Å². The average Bonchev–Trinajstić information content (AvgIpc) is 2.08. The molecular weight excluding hydrogens is 281 g/mol. The third-order valence-corrected chi connectivity index (χ3v) is 2.71. The summed E-state index contributed by atoms with van der Waals surface area (Å²) in [5, 5.41) is 12.3. The van der Waals surface area contributed by atoms with Gasteiger partial charge in [0.2, 0.25) is 0 Å². The maximum atomic E-state index is 10.5. The Morgan fingerprint density at radius 3 is 2.87 bits per heavy atom.